The molecule has 0 aromatic heterocycles. The van der Waals surface area contributed by atoms with Crippen molar-refractivity contribution in [1.29, 1.82) is 0 Å². The second kappa shape index (κ2) is 7.34. The van der Waals surface area contributed by atoms with Gasteiger partial charge in [-0.15, -0.1) is 0 Å². The Morgan fingerprint density at radius 2 is 1.78 bits per heavy atom. The molecule has 2 N–H and O–H groups in total. The number of aliphatic hydroxyl groups is 2. The van der Waals surface area contributed by atoms with Gasteiger partial charge in [-0.05, 0) is 32.3 Å². The summed E-state index contributed by atoms with van der Waals surface area (Å²) in [6.45, 7) is 6.01. The Morgan fingerprint density at radius 3 is 2.28 bits per heavy atom. The molecule has 0 radical (unpaired) electrons. The van der Waals surface area contributed by atoms with Crippen LogP contribution in [0.3, 0.4) is 0 Å². The molecule has 0 aliphatic heterocycles. The van der Waals surface area contributed by atoms with Crippen molar-refractivity contribution >= 4 is 0 Å². The van der Waals surface area contributed by atoms with Crippen LogP contribution in [0.15, 0.2) is 42.0 Å². The molecular weight excluding hydrogens is 224 g/mol. The van der Waals surface area contributed by atoms with Crippen molar-refractivity contribution in [3.63, 3.8) is 0 Å². The van der Waals surface area contributed by atoms with Gasteiger partial charge in [0.1, 0.15) is 0 Å². The zero-order chi connectivity index (χ0) is 13.5. The van der Waals surface area contributed by atoms with Gasteiger partial charge in [-0.1, -0.05) is 48.9 Å². The molecule has 2 heteroatoms. The topological polar surface area (TPSA) is 40.5 Å². The fraction of sp³-hybridized carbons (Fsp3) is 0.500. The summed E-state index contributed by atoms with van der Waals surface area (Å²) in [6.07, 6.45) is 2.35. The van der Waals surface area contributed by atoms with E-state index in [1.54, 1.807) is 0 Å². The number of hydrogen-bond donors (Lipinski definition) is 2. The Hall–Kier alpha value is -1.12. The normalized spacial score (nSPS) is 15.8. The molecule has 1 aromatic rings. The van der Waals surface area contributed by atoms with Gasteiger partial charge in [0.15, 0.2) is 0 Å². The molecule has 0 bridgehead atoms. The van der Waals surface area contributed by atoms with Crippen LogP contribution in [0.25, 0.3) is 0 Å². The van der Waals surface area contributed by atoms with E-state index in [9.17, 15) is 10.2 Å². The third kappa shape index (κ3) is 4.28. The van der Waals surface area contributed by atoms with E-state index in [4.69, 9.17) is 0 Å². The molecule has 0 spiro atoms. The molecule has 0 saturated heterocycles. The van der Waals surface area contributed by atoms with Crippen LogP contribution in [0, 0.1) is 5.92 Å². The average molecular weight is 248 g/mol. The highest BCUT2D eigenvalue weighted by atomic mass is 16.3. The second-order valence-corrected chi connectivity index (χ2v) is 5.01. The SMILES string of the molecule is CCC(O)C(CC=C(C)C)C(O)c1ccccc1. The van der Waals surface area contributed by atoms with Crippen molar-refractivity contribution in [2.75, 3.05) is 0 Å². The Balaban J connectivity index is 2.85. The minimum atomic E-state index is -0.614. The fourth-order valence-electron chi connectivity index (χ4n) is 2.07. The molecule has 3 atom stereocenters. The van der Waals surface area contributed by atoms with Crippen molar-refractivity contribution in [2.45, 2.75) is 45.8 Å². The largest absolute Gasteiger partial charge is 0.393 e. The molecule has 0 saturated carbocycles. The summed E-state index contributed by atoms with van der Waals surface area (Å²) in [5, 5.41) is 20.5. The number of allylic oxidation sites excluding steroid dienone is 2. The average Bonchev–Trinajstić information content (AvgIpc) is 2.39. The van der Waals surface area contributed by atoms with Gasteiger partial charge in [-0.2, -0.15) is 0 Å². The van der Waals surface area contributed by atoms with Crippen LogP contribution in [0.1, 0.15) is 45.3 Å². The summed E-state index contributed by atoms with van der Waals surface area (Å²) in [6, 6.07) is 9.56. The van der Waals surface area contributed by atoms with Crippen LogP contribution in [-0.2, 0) is 0 Å². The Bertz CT molecular complexity index is 366. The first-order chi connectivity index (χ1) is 8.56. The van der Waals surface area contributed by atoms with Gasteiger partial charge in [-0.25, -0.2) is 0 Å². The molecule has 3 unspecified atom stereocenters. The first kappa shape index (κ1) is 14.9. The molecule has 0 fully saturated rings. The lowest BCUT2D eigenvalue weighted by molar-refractivity contribution is 0.0109. The van der Waals surface area contributed by atoms with E-state index in [0.717, 1.165) is 5.56 Å². The fourth-order valence-corrected chi connectivity index (χ4v) is 2.07. The molecule has 2 nitrogen and oxygen atoms in total. The van der Waals surface area contributed by atoms with Crippen LogP contribution >= 0.6 is 0 Å². The first-order valence-corrected chi connectivity index (χ1v) is 6.60. The lowest BCUT2D eigenvalue weighted by Crippen LogP contribution is -2.25. The van der Waals surface area contributed by atoms with Gasteiger partial charge in [0.2, 0.25) is 0 Å². The summed E-state index contributed by atoms with van der Waals surface area (Å²) in [5.41, 5.74) is 2.08. The molecule has 0 amide bonds. The minimum Gasteiger partial charge on any atom is -0.393 e. The molecule has 0 aliphatic carbocycles. The molecule has 1 aromatic carbocycles. The van der Waals surface area contributed by atoms with E-state index in [2.05, 4.69) is 6.08 Å². The van der Waals surface area contributed by atoms with Gasteiger partial charge < -0.3 is 10.2 Å². The molecular formula is C16H24O2. The smallest absolute Gasteiger partial charge is 0.0845 e. The van der Waals surface area contributed by atoms with E-state index in [1.807, 2.05) is 51.1 Å². The number of benzene rings is 1. The van der Waals surface area contributed by atoms with Crippen LogP contribution < -0.4 is 0 Å². The molecule has 100 valence electrons. The standard InChI is InChI=1S/C16H24O2/c1-4-15(17)14(11-10-12(2)3)16(18)13-8-6-5-7-9-13/h5-10,14-18H,4,11H2,1-3H3. The maximum absolute atomic E-state index is 10.4. The second-order valence-electron chi connectivity index (χ2n) is 5.01. The number of rotatable bonds is 6. The summed E-state index contributed by atoms with van der Waals surface area (Å²) in [4.78, 5) is 0. The third-order valence-corrected chi connectivity index (χ3v) is 3.26. The van der Waals surface area contributed by atoms with Crippen LogP contribution in [-0.4, -0.2) is 16.3 Å². The molecule has 0 aliphatic rings. The van der Waals surface area contributed by atoms with E-state index in [-0.39, 0.29) is 5.92 Å². The Kier molecular flexibility index (Phi) is 6.10. The van der Waals surface area contributed by atoms with Crippen LogP contribution in [0.5, 0.6) is 0 Å². The molecule has 0 heterocycles. The lowest BCUT2D eigenvalue weighted by atomic mass is 9.86. The lowest BCUT2D eigenvalue weighted by Gasteiger charge is -2.26. The number of hydrogen-bond acceptors (Lipinski definition) is 2. The summed E-state index contributed by atoms with van der Waals surface area (Å²) >= 11 is 0. The molecule has 18 heavy (non-hydrogen) atoms. The highest BCUT2D eigenvalue weighted by molar-refractivity contribution is 5.18. The predicted octanol–water partition coefficient (Wildman–Crippen LogP) is 3.46. The Morgan fingerprint density at radius 1 is 1.17 bits per heavy atom. The van der Waals surface area contributed by atoms with Crippen molar-refractivity contribution in [3.05, 3.63) is 47.5 Å². The predicted molar refractivity (Wildman–Crippen MR) is 75.2 cm³/mol. The third-order valence-electron chi connectivity index (χ3n) is 3.26. The van der Waals surface area contributed by atoms with Gasteiger partial charge in [0.05, 0.1) is 12.2 Å². The van der Waals surface area contributed by atoms with Crippen LogP contribution in [0.4, 0.5) is 0 Å². The first-order valence-electron chi connectivity index (χ1n) is 6.60. The zero-order valence-corrected chi connectivity index (χ0v) is 11.5. The zero-order valence-electron chi connectivity index (χ0n) is 11.5. The van der Waals surface area contributed by atoms with Crippen LogP contribution in [0.2, 0.25) is 0 Å². The van der Waals surface area contributed by atoms with Gasteiger partial charge in [0.25, 0.3) is 0 Å². The highest BCUT2D eigenvalue weighted by Gasteiger charge is 2.25. The van der Waals surface area contributed by atoms with E-state index < -0.39 is 12.2 Å². The summed E-state index contributed by atoms with van der Waals surface area (Å²) in [5.74, 6) is -0.146. The van der Waals surface area contributed by atoms with Gasteiger partial charge in [-0.3, -0.25) is 0 Å². The van der Waals surface area contributed by atoms with Gasteiger partial charge >= 0.3 is 0 Å². The van der Waals surface area contributed by atoms with E-state index in [0.29, 0.717) is 12.8 Å². The van der Waals surface area contributed by atoms with E-state index >= 15 is 0 Å². The summed E-state index contributed by atoms with van der Waals surface area (Å²) < 4.78 is 0. The Labute approximate surface area is 110 Å². The van der Waals surface area contributed by atoms with Crippen molar-refractivity contribution < 1.29 is 10.2 Å². The van der Waals surface area contributed by atoms with Gasteiger partial charge in [0, 0.05) is 5.92 Å². The van der Waals surface area contributed by atoms with Crippen molar-refractivity contribution in [2.24, 2.45) is 5.92 Å². The van der Waals surface area contributed by atoms with Crippen molar-refractivity contribution in [1.82, 2.24) is 0 Å². The molecule has 1 rings (SSSR count). The minimum absolute atomic E-state index is 0.146. The van der Waals surface area contributed by atoms with E-state index in [1.165, 1.54) is 5.57 Å². The monoisotopic (exact) mass is 248 g/mol. The maximum atomic E-state index is 10.4. The highest BCUT2D eigenvalue weighted by Crippen LogP contribution is 2.29. The van der Waals surface area contributed by atoms with Crippen molar-refractivity contribution in [3.8, 4) is 0 Å². The number of aliphatic hydroxyl groups excluding tert-OH is 2. The summed E-state index contributed by atoms with van der Waals surface area (Å²) in [7, 11) is 0. The maximum Gasteiger partial charge on any atom is 0.0845 e. The quantitative estimate of drug-likeness (QED) is 0.757.